The van der Waals surface area contributed by atoms with Gasteiger partial charge in [0.2, 0.25) is 0 Å². The highest BCUT2D eigenvalue weighted by atomic mass is 16.5. The molecule has 0 bridgehead atoms. The zero-order valence-corrected chi connectivity index (χ0v) is 25.4. The van der Waals surface area contributed by atoms with Crippen LogP contribution in [0, 0.1) is 0 Å². The van der Waals surface area contributed by atoms with Crippen molar-refractivity contribution in [2.75, 3.05) is 11.4 Å². The molecule has 46 heavy (non-hydrogen) atoms. The Morgan fingerprint density at radius 2 is 1.52 bits per heavy atom. The number of esters is 1. The number of imidazole rings is 1. The summed E-state index contributed by atoms with van der Waals surface area (Å²) in [6, 6.07) is 30.8. The van der Waals surface area contributed by atoms with Crippen LogP contribution in [0.3, 0.4) is 0 Å². The normalized spacial score (nSPS) is 11.4. The summed E-state index contributed by atoms with van der Waals surface area (Å²) in [5, 5.41) is 0.928. The lowest BCUT2D eigenvalue weighted by atomic mass is 10.1. The summed E-state index contributed by atoms with van der Waals surface area (Å²) in [6.45, 7) is 4.01. The molecule has 4 N–H and O–H groups in total. The summed E-state index contributed by atoms with van der Waals surface area (Å²) in [7, 11) is 0. The number of carbonyl (C=O) groups excluding carboxylic acids is 1. The molecule has 230 valence electrons. The van der Waals surface area contributed by atoms with Gasteiger partial charge in [0.05, 0.1) is 22.1 Å². The van der Waals surface area contributed by atoms with E-state index in [2.05, 4.69) is 91.1 Å². The number of anilines is 1. The Balaban J connectivity index is 1.36. The van der Waals surface area contributed by atoms with Crippen LogP contribution in [0.1, 0.15) is 24.5 Å². The number of benzene rings is 4. The van der Waals surface area contributed by atoms with E-state index in [9.17, 15) is 9.59 Å². The third-order valence-electron chi connectivity index (χ3n) is 8.03. The maximum absolute atomic E-state index is 13.6. The molecule has 0 amide bonds. The molecule has 10 heteroatoms. The molecule has 0 radical (unpaired) electrons. The smallest absolute Gasteiger partial charge is 0.310 e. The second-order valence-electron chi connectivity index (χ2n) is 11.3. The summed E-state index contributed by atoms with van der Waals surface area (Å²) in [4.78, 5) is 42.6. The van der Waals surface area contributed by atoms with Crippen molar-refractivity contribution < 1.29 is 9.53 Å². The van der Waals surface area contributed by atoms with E-state index in [-0.39, 0.29) is 11.6 Å². The third-order valence-corrected chi connectivity index (χ3v) is 8.03. The lowest BCUT2D eigenvalue weighted by Crippen LogP contribution is -2.22. The van der Waals surface area contributed by atoms with Crippen LogP contribution in [-0.2, 0) is 24.4 Å². The Hall–Kier alpha value is -5.74. The second kappa shape index (κ2) is 12.3. The van der Waals surface area contributed by atoms with Gasteiger partial charge in [-0.1, -0.05) is 60.7 Å². The van der Waals surface area contributed by atoms with Gasteiger partial charge in [-0.3, -0.25) is 9.59 Å². The molecular weight excluding hydrogens is 578 g/mol. The van der Waals surface area contributed by atoms with E-state index in [1.54, 1.807) is 12.1 Å². The molecule has 10 nitrogen and oxygen atoms in total. The summed E-state index contributed by atoms with van der Waals surface area (Å²) >= 11 is 0. The average Bonchev–Trinajstić information content (AvgIpc) is 3.62. The van der Waals surface area contributed by atoms with Crippen LogP contribution in [0.4, 0.5) is 5.69 Å². The van der Waals surface area contributed by atoms with Crippen LogP contribution in [0.15, 0.2) is 102 Å². The first-order valence-corrected chi connectivity index (χ1v) is 15.2. The van der Waals surface area contributed by atoms with E-state index in [0.717, 1.165) is 41.7 Å². The van der Waals surface area contributed by atoms with Gasteiger partial charge in [-0.25, -0.2) is 4.98 Å². The quantitative estimate of drug-likeness (QED) is 0.164. The Labute approximate surface area is 264 Å². The van der Waals surface area contributed by atoms with Gasteiger partial charge in [-0.15, -0.1) is 0 Å². The van der Waals surface area contributed by atoms with Crippen LogP contribution in [-0.4, -0.2) is 37.0 Å². The number of rotatable bonds is 10. The molecule has 0 aliphatic carbocycles. The Bertz CT molecular complexity index is 2200. The molecule has 4 aromatic carbocycles. The molecule has 0 saturated heterocycles. The topological polar surface area (TPSA) is 135 Å². The van der Waals surface area contributed by atoms with E-state index < -0.39 is 5.97 Å². The minimum atomic E-state index is -0.478. The van der Waals surface area contributed by atoms with Gasteiger partial charge in [0.1, 0.15) is 5.69 Å². The van der Waals surface area contributed by atoms with Gasteiger partial charge in [0.15, 0.2) is 0 Å². The van der Waals surface area contributed by atoms with Gasteiger partial charge in [-0.05, 0) is 54.4 Å². The Morgan fingerprint density at radius 1 is 0.870 bits per heavy atom. The minimum Gasteiger partial charge on any atom is -0.392 e. The van der Waals surface area contributed by atoms with E-state index >= 15 is 0 Å². The molecule has 3 aromatic heterocycles. The molecular formula is C36H33N7O3. The number of aromatic nitrogens is 5. The molecule has 0 atom stereocenters. The maximum atomic E-state index is 13.6. The van der Waals surface area contributed by atoms with Crippen LogP contribution in [0.2, 0.25) is 0 Å². The van der Waals surface area contributed by atoms with E-state index in [1.807, 2.05) is 18.3 Å². The largest absolute Gasteiger partial charge is 0.392 e. The number of aryl methyl sites for hydroxylation is 1. The Kier molecular flexibility index (Phi) is 7.78. The number of fused-ring (bicyclic) bond motifs is 3. The number of aromatic amines is 2. The highest BCUT2D eigenvalue weighted by molar-refractivity contribution is 5.99. The van der Waals surface area contributed by atoms with Crippen molar-refractivity contribution in [1.29, 1.82) is 0 Å². The van der Waals surface area contributed by atoms with Crippen LogP contribution < -0.4 is 20.9 Å². The Morgan fingerprint density at radius 3 is 2.17 bits per heavy atom. The fourth-order valence-corrected chi connectivity index (χ4v) is 5.90. The van der Waals surface area contributed by atoms with Crippen molar-refractivity contribution in [2.24, 2.45) is 5.73 Å². The number of nitrogens with two attached hydrogens (primary N) is 1. The maximum Gasteiger partial charge on any atom is 0.310 e. The fourth-order valence-electron chi connectivity index (χ4n) is 5.90. The third kappa shape index (κ3) is 5.85. The van der Waals surface area contributed by atoms with Crippen molar-refractivity contribution in [3.63, 3.8) is 0 Å². The molecule has 7 rings (SSSR count). The molecule has 3 heterocycles. The molecule has 0 spiro atoms. The van der Waals surface area contributed by atoms with Crippen molar-refractivity contribution in [3.05, 3.63) is 119 Å². The number of nitrogens with one attached hydrogen (secondary N) is 2. The van der Waals surface area contributed by atoms with E-state index in [0.29, 0.717) is 40.9 Å². The van der Waals surface area contributed by atoms with Crippen molar-refractivity contribution >= 4 is 44.6 Å². The lowest BCUT2D eigenvalue weighted by molar-refractivity contribution is -0.132. The number of hydrogen-bond donors (Lipinski definition) is 3. The first-order chi connectivity index (χ1) is 22.4. The van der Waals surface area contributed by atoms with E-state index in [1.165, 1.54) is 18.1 Å². The van der Waals surface area contributed by atoms with Crippen molar-refractivity contribution in [1.82, 2.24) is 24.5 Å². The molecule has 0 aliphatic heterocycles. The van der Waals surface area contributed by atoms with Gasteiger partial charge < -0.3 is 29.9 Å². The van der Waals surface area contributed by atoms with Crippen molar-refractivity contribution in [3.8, 4) is 17.3 Å². The summed E-state index contributed by atoms with van der Waals surface area (Å²) in [6.07, 6.45) is 2.79. The van der Waals surface area contributed by atoms with Gasteiger partial charge in [0.25, 0.3) is 5.56 Å². The zero-order chi connectivity index (χ0) is 31.6. The van der Waals surface area contributed by atoms with Gasteiger partial charge in [-0.2, -0.15) is 4.98 Å². The number of carbonyl (C=O) groups is 1. The summed E-state index contributed by atoms with van der Waals surface area (Å²) < 4.78 is 7.27. The summed E-state index contributed by atoms with van der Waals surface area (Å²) in [5.74, 6) is -0.478. The van der Waals surface area contributed by atoms with Gasteiger partial charge >= 0.3 is 12.0 Å². The minimum absolute atomic E-state index is 0.0893. The predicted molar refractivity (Wildman–Crippen MR) is 181 cm³/mol. The van der Waals surface area contributed by atoms with E-state index in [4.69, 9.17) is 15.5 Å². The molecule has 0 saturated carbocycles. The SMILES string of the molecule is CC(=O)Oc1nc2cc3[nH]c(=O)c(-c4cn(CCCN)c5ccc(N(Cc6ccccc6)Cc6ccccc6)cc45)nc3cc2[nH]1. The molecule has 7 aromatic rings. The van der Waals surface area contributed by atoms with Crippen LogP contribution in [0.25, 0.3) is 44.2 Å². The first kappa shape index (κ1) is 29.0. The molecule has 0 fully saturated rings. The summed E-state index contributed by atoms with van der Waals surface area (Å²) in [5.41, 5.74) is 13.4. The predicted octanol–water partition coefficient (Wildman–Crippen LogP) is 5.90. The number of nitrogens with zero attached hydrogens (tertiary/aromatic N) is 4. The fraction of sp³-hybridized carbons (Fsp3) is 0.167. The number of hydrogen-bond acceptors (Lipinski definition) is 7. The zero-order valence-electron chi connectivity index (χ0n) is 25.4. The number of ether oxygens (including phenoxy) is 1. The average molecular weight is 612 g/mol. The van der Waals surface area contributed by atoms with Gasteiger partial charge in [0, 0.05) is 54.9 Å². The first-order valence-electron chi connectivity index (χ1n) is 15.2. The second-order valence-corrected chi connectivity index (χ2v) is 11.3. The highest BCUT2D eigenvalue weighted by Gasteiger charge is 2.19. The van der Waals surface area contributed by atoms with Crippen LogP contribution >= 0.6 is 0 Å². The molecule has 0 aliphatic rings. The lowest BCUT2D eigenvalue weighted by Gasteiger charge is -2.26. The molecule has 0 unspecified atom stereocenters. The standard InChI is InChI=1S/C36H33N7O3/c1-23(44)46-36-40-31-18-29-30(19-32(31)41-36)39-35(45)34(38-29)28-22-42(16-8-15-37)33-14-13-26(17-27(28)33)43(20-24-9-4-2-5-10-24)21-25-11-6-3-7-12-25/h2-7,9-14,17-19,22H,8,15-16,20-21,37H2,1H3,(H,39,45)(H,40,41). The number of H-pyrrole nitrogens is 2. The monoisotopic (exact) mass is 611 g/mol. The van der Waals surface area contributed by atoms with Crippen LogP contribution in [0.5, 0.6) is 6.01 Å². The van der Waals surface area contributed by atoms with Crippen molar-refractivity contribution in [2.45, 2.75) is 33.0 Å². The highest BCUT2D eigenvalue weighted by Crippen LogP contribution is 2.34.